The summed E-state index contributed by atoms with van der Waals surface area (Å²) in [5, 5.41) is 8.07. The van der Waals surface area contributed by atoms with Crippen LogP contribution in [0.4, 0.5) is 0 Å². The van der Waals surface area contributed by atoms with Crippen molar-refractivity contribution in [1.29, 1.82) is 0 Å². The first-order valence-corrected chi connectivity index (χ1v) is 6.89. The van der Waals surface area contributed by atoms with Crippen molar-refractivity contribution >= 4 is 5.91 Å². The van der Waals surface area contributed by atoms with Crippen LogP contribution in [0.2, 0.25) is 0 Å². The van der Waals surface area contributed by atoms with Crippen LogP contribution in [0.1, 0.15) is 38.4 Å². The standard InChI is InChI=1S/C13H23N5O/c1-9(2)11(14)13(19)18-6-4-5-10(7-18)12-16-15-8-17(12)3/h8-11H,4-7,14H2,1-3H3. The molecule has 1 aliphatic heterocycles. The number of carbonyl (C=O) groups is 1. The summed E-state index contributed by atoms with van der Waals surface area (Å²) in [5.41, 5.74) is 5.96. The number of carbonyl (C=O) groups excluding carboxylic acids is 1. The summed E-state index contributed by atoms with van der Waals surface area (Å²) in [4.78, 5) is 14.2. The number of piperidine rings is 1. The number of hydrogen-bond acceptors (Lipinski definition) is 4. The second-order valence-electron chi connectivity index (χ2n) is 5.69. The van der Waals surface area contributed by atoms with Gasteiger partial charge in [0, 0.05) is 26.1 Å². The van der Waals surface area contributed by atoms with Crippen LogP contribution < -0.4 is 5.73 Å². The molecule has 6 heteroatoms. The van der Waals surface area contributed by atoms with E-state index in [0.29, 0.717) is 6.54 Å². The molecule has 1 aromatic rings. The molecule has 1 aromatic heterocycles. The highest BCUT2D eigenvalue weighted by Crippen LogP contribution is 2.25. The van der Waals surface area contributed by atoms with Crippen LogP contribution in [0, 0.1) is 5.92 Å². The SMILES string of the molecule is CC(C)C(N)C(=O)N1CCCC(c2nncn2C)C1. The fraction of sp³-hybridized carbons (Fsp3) is 0.769. The van der Waals surface area contributed by atoms with Gasteiger partial charge in [0.1, 0.15) is 12.2 Å². The molecule has 1 fully saturated rings. The van der Waals surface area contributed by atoms with Crippen LogP contribution in [0.15, 0.2) is 6.33 Å². The molecule has 0 radical (unpaired) electrons. The smallest absolute Gasteiger partial charge is 0.239 e. The molecule has 1 amide bonds. The van der Waals surface area contributed by atoms with E-state index in [9.17, 15) is 4.79 Å². The van der Waals surface area contributed by atoms with Crippen molar-refractivity contribution in [3.8, 4) is 0 Å². The van der Waals surface area contributed by atoms with Crippen molar-refractivity contribution in [3.63, 3.8) is 0 Å². The van der Waals surface area contributed by atoms with Gasteiger partial charge in [-0.25, -0.2) is 0 Å². The Morgan fingerprint density at radius 1 is 1.53 bits per heavy atom. The van der Waals surface area contributed by atoms with Crippen LogP contribution in [0.3, 0.4) is 0 Å². The first kappa shape index (κ1) is 14.0. The van der Waals surface area contributed by atoms with E-state index in [4.69, 9.17) is 5.73 Å². The van der Waals surface area contributed by atoms with Gasteiger partial charge in [-0.05, 0) is 18.8 Å². The predicted molar refractivity (Wildman–Crippen MR) is 72.4 cm³/mol. The van der Waals surface area contributed by atoms with Crippen LogP contribution in [-0.4, -0.2) is 44.7 Å². The summed E-state index contributed by atoms with van der Waals surface area (Å²) in [6, 6.07) is -0.404. The highest BCUT2D eigenvalue weighted by atomic mass is 16.2. The van der Waals surface area contributed by atoms with Gasteiger partial charge in [-0.1, -0.05) is 13.8 Å². The van der Waals surface area contributed by atoms with Crippen molar-refractivity contribution in [1.82, 2.24) is 19.7 Å². The van der Waals surface area contributed by atoms with E-state index in [2.05, 4.69) is 10.2 Å². The van der Waals surface area contributed by atoms with Crippen molar-refractivity contribution < 1.29 is 4.79 Å². The topological polar surface area (TPSA) is 77.0 Å². The lowest BCUT2D eigenvalue weighted by atomic mass is 9.95. The van der Waals surface area contributed by atoms with Crippen LogP contribution in [-0.2, 0) is 11.8 Å². The van der Waals surface area contributed by atoms with Crippen LogP contribution >= 0.6 is 0 Å². The molecule has 19 heavy (non-hydrogen) atoms. The molecule has 2 unspecified atom stereocenters. The van der Waals surface area contributed by atoms with Crippen LogP contribution in [0.25, 0.3) is 0 Å². The zero-order chi connectivity index (χ0) is 14.0. The highest BCUT2D eigenvalue weighted by molar-refractivity contribution is 5.82. The first-order valence-electron chi connectivity index (χ1n) is 6.89. The molecule has 2 N–H and O–H groups in total. The van der Waals surface area contributed by atoms with Gasteiger partial charge in [-0.2, -0.15) is 0 Å². The monoisotopic (exact) mass is 265 g/mol. The highest BCUT2D eigenvalue weighted by Gasteiger charge is 2.30. The van der Waals surface area contributed by atoms with Crippen molar-refractivity contribution in [3.05, 3.63) is 12.2 Å². The quantitative estimate of drug-likeness (QED) is 0.863. The molecule has 1 saturated heterocycles. The average molecular weight is 265 g/mol. The molecular formula is C13H23N5O. The molecule has 2 heterocycles. The maximum absolute atomic E-state index is 12.3. The minimum atomic E-state index is -0.404. The third-order valence-corrected chi connectivity index (χ3v) is 3.85. The number of rotatable bonds is 3. The summed E-state index contributed by atoms with van der Waals surface area (Å²) in [6.45, 7) is 5.46. The minimum absolute atomic E-state index is 0.0573. The summed E-state index contributed by atoms with van der Waals surface area (Å²) < 4.78 is 1.93. The van der Waals surface area contributed by atoms with E-state index in [1.165, 1.54) is 0 Å². The van der Waals surface area contributed by atoms with Gasteiger partial charge >= 0.3 is 0 Å². The largest absolute Gasteiger partial charge is 0.341 e. The number of likely N-dealkylation sites (tertiary alicyclic amines) is 1. The summed E-state index contributed by atoms with van der Waals surface area (Å²) >= 11 is 0. The molecule has 0 aliphatic carbocycles. The molecular weight excluding hydrogens is 242 g/mol. The van der Waals surface area contributed by atoms with Crippen molar-refractivity contribution in [2.45, 2.75) is 38.6 Å². The molecule has 106 valence electrons. The summed E-state index contributed by atoms with van der Waals surface area (Å²) in [6.07, 6.45) is 3.75. The molecule has 2 rings (SSSR count). The van der Waals surface area contributed by atoms with E-state index in [1.54, 1.807) is 6.33 Å². The van der Waals surface area contributed by atoms with Gasteiger partial charge in [-0.15, -0.1) is 10.2 Å². The zero-order valence-corrected chi connectivity index (χ0v) is 11.9. The van der Waals surface area contributed by atoms with Crippen molar-refractivity contribution in [2.75, 3.05) is 13.1 Å². The number of nitrogens with two attached hydrogens (primary N) is 1. The molecule has 6 nitrogen and oxygen atoms in total. The Morgan fingerprint density at radius 3 is 2.84 bits per heavy atom. The lowest BCUT2D eigenvalue weighted by molar-refractivity contribution is -0.134. The van der Waals surface area contributed by atoms with Gasteiger partial charge < -0.3 is 15.2 Å². The summed E-state index contributed by atoms with van der Waals surface area (Å²) in [7, 11) is 1.94. The normalized spacial score (nSPS) is 21.7. The van der Waals surface area contributed by atoms with Crippen LogP contribution in [0.5, 0.6) is 0 Å². The second-order valence-corrected chi connectivity index (χ2v) is 5.69. The Labute approximate surface area is 114 Å². The molecule has 0 saturated carbocycles. The fourth-order valence-electron chi connectivity index (χ4n) is 2.55. The number of nitrogens with zero attached hydrogens (tertiary/aromatic N) is 4. The lowest BCUT2D eigenvalue weighted by Crippen LogP contribution is -2.49. The van der Waals surface area contributed by atoms with E-state index in [1.807, 2.05) is 30.4 Å². The Balaban J connectivity index is 2.05. The summed E-state index contributed by atoms with van der Waals surface area (Å²) in [5.74, 6) is 1.45. The predicted octanol–water partition coefficient (Wildman–Crippen LogP) is 0.504. The van der Waals surface area contributed by atoms with E-state index in [-0.39, 0.29) is 17.7 Å². The maximum Gasteiger partial charge on any atom is 0.239 e. The zero-order valence-electron chi connectivity index (χ0n) is 11.9. The molecule has 0 spiro atoms. The fourth-order valence-corrected chi connectivity index (χ4v) is 2.55. The van der Waals surface area contributed by atoms with Gasteiger partial charge in [0.05, 0.1) is 6.04 Å². The van der Waals surface area contributed by atoms with Crippen molar-refractivity contribution in [2.24, 2.45) is 18.7 Å². The minimum Gasteiger partial charge on any atom is -0.341 e. The number of aromatic nitrogens is 3. The third kappa shape index (κ3) is 2.94. The number of amides is 1. The molecule has 0 bridgehead atoms. The van der Waals surface area contributed by atoms with E-state index < -0.39 is 6.04 Å². The van der Waals surface area contributed by atoms with Gasteiger partial charge in [0.2, 0.25) is 5.91 Å². The number of hydrogen-bond donors (Lipinski definition) is 1. The number of aryl methyl sites for hydroxylation is 1. The van der Waals surface area contributed by atoms with Gasteiger partial charge in [0.15, 0.2) is 0 Å². The average Bonchev–Trinajstić information content (AvgIpc) is 2.83. The second kappa shape index (κ2) is 5.69. The third-order valence-electron chi connectivity index (χ3n) is 3.85. The molecule has 2 atom stereocenters. The van der Waals surface area contributed by atoms with E-state index in [0.717, 1.165) is 25.2 Å². The maximum atomic E-state index is 12.3. The Morgan fingerprint density at radius 2 is 2.26 bits per heavy atom. The first-order chi connectivity index (χ1) is 9.00. The Kier molecular flexibility index (Phi) is 4.19. The van der Waals surface area contributed by atoms with Gasteiger partial charge in [-0.3, -0.25) is 4.79 Å². The Bertz CT molecular complexity index is 442. The van der Waals surface area contributed by atoms with E-state index >= 15 is 0 Å². The van der Waals surface area contributed by atoms with Gasteiger partial charge in [0.25, 0.3) is 0 Å². The molecule has 0 aromatic carbocycles. The molecule has 1 aliphatic rings. The lowest BCUT2D eigenvalue weighted by Gasteiger charge is -2.34. The Hall–Kier alpha value is -1.43.